The molecule has 0 radical (unpaired) electrons. The lowest BCUT2D eigenvalue weighted by Gasteiger charge is -2.24. The van der Waals surface area contributed by atoms with E-state index in [0.717, 1.165) is 6.42 Å². The summed E-state index contributed by atoms with van der Waals surface area (Å²) in [4.78, 5) is 1.49. The Hall–Kier alpha value is 0.470. The molecule has 0 amide bonds. The number of thiophene rings is 1. The fraction of sp³-hybridized carbons (Fsp3) is 0.600. The Morgan fingerprint density at radius 2 is 2.31 bits per heavy atom. The molecule has 0 saturated heterocycles. The van der Waals surface area contributed by atoms with Gasteiger partial charge in [-0.15, -0.1) is 22.9 Å². The largest absolute Gasteiger partial charge is 0.147 e. The van der Waals surface area contributed by atoms with Crippen LogP contribution in [0.3, 0.4) is 0 Å². The fourth-order valence-corrected chi connectivity index (χ4v) is 4.18. The molecule has 3 heteroatoms. The smallest absolute Gasteiger partial charge is 0.0342 e. The van der Waals surface area contributed by atoms with Gasteiger partial charge in [0.25, 0.3) is 0 Å². The third kappa shape index (κ3) is 2.28. The molecule has 1 aromatic rings. The van der Waals surface area contributed by atoms with Gasteiger partial charge in [-0.3, -0.25) is 0 Å². The van der Waals surface area contributed by atoms with E-state index in [0.29, 0.717) is 11.3 Å². The van der Waals surface area contributed by atoms with Gasteiger partial charge in [0.15, 0.2) is 0 Å². The molecule has 1 aliphatic rings. The van der Waals surface area contributed by atoms with Gasteiger partial charge in [0, 0.05) is 14.7 Å². The highest BCUT2D eigenvalue weighted by Crippen LogP contribution is 2.40. The number of rotatable bonds is 1. The van der Waals surface area contributed by atoms with Crippen LogP contribution < -0.4 is 0 Å². The lowest BCUT2D eigenvalue weighted by atomic mass is 9.88. The van der Waals surface area contributed by atoms with Crippen molar-refractivity contribution in [2.75, 3.05) is 0 Å². The lowest BCUT2D eigenvalue weighted by Crippen LogP contribution is -2.13. The number of halogens is 2. The third-order valence-corrected chi connectivity index (χ3v) is 5.06. The fourth-order valence-electron chi connectivity index (χ4n) is 1.97. The summed E-state index contributed by atoms with van der Waals surface area (Å²) in [6.45, 7) is 0. The maximum Gasteiger partial charge on any atom is 0.0342 e. The van der Waals surface area contributed by atoms with E-state index in [2.05, 4.69) is 27.4 Å². The molecule has 0 aromatic carbocycles. The van der Waals surface area contributed by atoms with E-state index in [4.69, 9.17) is 11.6 Å². The van der Waals surface area contributed by atoms with Crippen LogP contribution in [0.1, 0.15) is 36.5 Å². The Kier molecular flexibility index (Phi) is 3.33. The summed E-state index contributed by atoms with van der Waals surface area (Å²) in [6.07, 6.45) is 4.94. The van der Waals surface area contributed by atoms with Gasteiger partial charge in [0.2, 0.25) is 0 Å². The lowest BCUT2D eigenvalue weighted by molar-refractivity contribution is 0.453. The second-order valence-electron chi connectivity index (χ2n) is 3.59. The first-order chi connectivity index (χ1) is 6.27. The van der Waals surface area contributed by atoms with Crippen molar-refractivity contribution >= 4 is 38.9 Å². The second-order valence-corrected chi connectivity index (χ2v) is 6.01. The van der Waals surface area contributed by atoms with Crippen LogP contribution in [0.5, 0.6) is 0 Å². The molecule has 2 atom stereocenters. The monoisotopic (exact) mass is 278 g/mol. The van der Waals surface area contributed by atoms with Gasteiger partial charge in [0.05, 0.1) is 0 Å². The first-order valence-corrected chi connectivity index (χ1v) is 6.75. The first kappa shape index (κ1) is 10.0. The summed E-state index contributed by atoms with van der Waals surface area (Å²) in [7, 11) is 0. The summed E-state index contributed by atoms with van der Waals surface area (Å²) >= 11 is 11.6. The van der Waals surface area contributed by atoms with Gasteiger partial charge in [-0.25, -0.2) is 0 Å². The molecule has 2 rings (SSSR count). The Bertz CT molecular complexity index is 284. The number of hydrogen-bond acceptors (Lipinski definition) is 1. The summed E-state index contributed by atoms with van der Waals surface area (Å²) < 4.78 is 1.27. The van der Waals surface area contributed by atoms with Crippen LogP contribution in [0.15, 0.2) is 15.9 Å². The van der Waals surface area contributed by atoms with Gasteiger partial charge in [-0.2, -0.15) is 0 Å². The highest BCUT2D eigenvalue weighted by Gasteiger charge is 2.23. The summed E-state index contributed by atoms with van der Waals surface area (Å²) in [6, 6.07) is 2.14. The van der Waals surface area contributed by atoms with Gasteiger partial charge in [-0.05, 0) is 52.6 Å². The van der Waals surface area contributed by atoms with E-state index in [1.54, 1.807) is 0 Å². The average molecular weight is 280 g/mol. The predicted molar refractivity (Wildman–Crippen MR) is 62.9 cm³/mol. The zero-order valence-corrected chi connectivity index (χ0v) is 10.5. The molecule has 13 heavy (non-hydrogen) atoms. The summed E-state index contributed by atoms with van der Waals surface area (Å²) in [5.74, 6) is 0.700. The van der Waals surface area contributed by atoms with Crippen molar-refractivity contribution < 1.29 is 0 Å². The topological polar surface area (TPSA) is 0 Å². The van der Waals surface area contributed by atoms with Gasteiger partial charge < -0.3 is 0 Å². The van der Waals surface area contributed by atoms with Crippen LogP contribution >= 0.6 is 38.9 Å². The second kappa shape index (κ2) is 4.33. The minimum atomic E-state index is 0.396. The summed E-state index contributed by atoms with van der Waals surface area (Å²) in [5.41, 5.74) is 0. The first-order valence-electron chi connectivity index (χ1n) is 4.64. The predicted octanol–water partition coefficient (Wildman–Crippen LogP) is 4.78. The van der Waals surface area contributed by atoms with Crippen LogP contribution in [0, 0.1) is 0 Å². The molecular weight excluding hydrogens is 268 g/mol. The molecule has 0 N–H and O–H groups in total. The quantitative estimate of drug-likeness (QED) is 0.649. The molecule has 0 bridgehead atoms. The Labute approximate surface area is 96.4 Å². The van der Waals surface area contributed by atoms with E-state index < -0.39 is 0 Å². The summed E-state index contributed by atoms with van der Waals surface area (Å²) in [5, 5.41) is 2.55. The normalized spacial score (nSPS) is 29.1. The van der Waals surface area contributed by atoms with E-state index in [-0.39, 0.29) is 0 Å². The number of alkyl halides is 1. The van der Waals surface area contributed by atoms with Crippen molar-refractivity contribution in [1.29, 1.82) is 0 Å². The molecule has 0 nitrogen and oxygen atoms in total. The number of hydrogen-bond donors (Lipinski definition) is 0. The van der Waals surface area contributed by atoms with Gasteiger partial charge in [-0.1, -0.05) is 6.42 Å². The van der Waals surface area contributed by atoms with E-state index in [1.165, 1.54) is 28.6 Å². The Balaban J connectivity index is 2.12. The zero-order chi connectivity index (χ0) is 9.26. The molecule has 1 aromatic heterocycles. The van der Waals surface area contributed by atoms with Crippen molar-refractivity contribution in [3.05, 3.63) is 20.8 Å². The third-order valence-electron chi connectivity index (χ3n) is 2.63. The van der Waals surface area contributed by atoms with Crippen LogP contribution in [-0.4, -0.2) is 5.38 Å². The van der Waals surface area contributed by atoms with E-state index in [1.807, 2.05) is 11.3 Å². The highest BCUT2D eigenvalue weighted by atomic mass is 79.9. The van der Waals surface area contributed by atoms with Crippen molar-refractivity contribution in [2.45, 2.75) is 37.0 Å². The maximum atomic E-state index is 6.17. The van der Waals surface area contributed by atoms with E-state index in [9.17, 15) is 0 Å². The van der Waals surface area contributed by atoms with Crippen LogP contribution in [-0.2, 0) is 0 Å². The molecule has 1 heterocycles. The SMILES string of the molecule is ClC1CCCC(c2sccc2Br)C1. The highest BCUT2D eigenvalue weighted by molar-refractivity contribution is 9.10. The Morgan fingerprint density at radius 3 is 2.92 bits per heavy atom. The van der Waals surface area contributed by atoms with Crippen molar-refractivity contribution in [3.63, 3.8) is 0 Å². The molecule has 0 aliphatic heterocycles. The van der Waals surface area contributed by atoms with Gasteiger partial charge in [0.1, 0.15) is 0 Å². The van der Waals surface area contributed by atoms with Crippen LogP contribution in [0.25, 0.3) is 0 Å². The van der Waals surface area contributed by atoms with Gasteiger partial charge >= 0.3 is 0 Å². The zero-order valence-electron chi connectivity index (χ0n) is 7.30. The molecule has 1 fully saturated rings. The molecular formula is C10H12BrClS. The molecule has 0 spiro atoms. The maximum absolute atomic E-state index is 6.17. The minimum absolute atomic E-state index is 0.396. The molecule has 1 saturated carbocycles. The minimum Gasteiger partial charge on any atom is -0.147 e. The van der Waals surface area contributed by atoms with Crippen molar-refractivity contribution in [3.8, 4) is 0 Å². The van der Waals surface area contributed by atoms with Crippen LogP contribution in [0.2, 0.25) is 0 Å². The van der Waals surface area contributed by atoms with Crippen molar-refractivity contribution in [1.82, 2.24) is 0 Å². The molecule has 72 valence electrons. The van der Waals surface area contributed by atoms with Crippen molar-refractivity contribution in [2.24, 2.45) is 0 Å². The van der Waals surface area contributed by atoms with E-state index >= 15 is 0 Å². The van der Waals surface area contributed by atoms with Crippen LogP contribution in [0.4, 0.5) is 0 Å². The standard InChI is InChI=1S/C10H12BrClS/c11-9-4-5-13-10(9)7-2-1-3-8(12)6-7/h4-5,7-8H,1-3,6H2. The molecule has 2 unspecified atom stereocenters. The average Bonchev–Trinajstić information content (AvgIpc) is 2.51. The Morgan fingerprint density at radius 1 is 1.46 bits per heavy atom. The molecule has 1 aliphatic carbocycles.